The minimum Gasteiger partial charge on any atom is -0.478 e. The lowest BCUT2D eigenvalue weighted by atomic mass is 10.2. The molecule has 1 rings (SSSR count). The number of carboxylic acid groups (broad SMARTS) is 1. The Hall–Kier alpha value is -2.09. The van der Waals surface area contributed by atoms with E-state index in [1.807, 2.05) is 0 Å². The van der Waals surface area contributed by atoms with E-state index in [0.29, 0.717) is 0 Å². The fraction of sp³-hybridized carbons (Fsp3) is 0. The molecule has 12 heavy (non-hydrogen) atoms. The van der Waals surface area contributed by atoms with E-state index in [4.69, 9.17) is 16.1 Å². The van der Waals surface area contributed by atoms with Gasteiger partial charge in [-0.05, 0) is 6.07 Å². The Morgan fingerprint density at radius 3 is 2.92 bits per heavy atom. The summed E-state index contributed by atoms with van der Waals surface area (Å²) in [4.78, 5) is 14.0. The normalized spacial score (nSPS) is 8.92. The van der Waals surface area contributed by atoms with Crippen molar-refractivity contribution in [1.82, 2.24) is 4.98 Å². The van der Waals surface area contributed by atoms with E-state index in [1.165, 1.54) is 12.3 Å². The molecule has 1 heterocycles. The first-order valence-electron chi connectivity index (χ1n) is 3.04. The molecule has 3 N–H and O–H groups in total. The highest BCUT2D eigenvalue weighted by Gasteiger charge is 2.09. The van der Waals surface area contributed by atoms with Crippen molar-refractivity contribution in [3.05, 3.63) is 23.4 Å². The number of anilines is 1. The molecule has 0 unspecified atom stereocenters. The Labute approximate surface area is 68.1 Å². The number of carboxylic acids is 1. The zero-order valence-corrected chi connectivity index (χ0v) is 5.98. The molecule has 60 valence electrons. The number of carbonyl (C=O) groups is 1. The molecule has 5 heteroatoms. The third kappa shape index (κ3) is 1.32. The van der Waals surface area contributed by atoms with Crippen LogP contribution in [0.1, 0.15) is 15.9 Å². The van der Waals surface area contributed by atoms with Crippen molar-refractivity contribution in [2.24, 2.45) is 0 Å². The van der Waals surface area contributed by atoms with Gasteiger partial charge in [-0.25, -0.2) is 9.78 Å². The molecule has 0 aliphatic rings. The maximum absolute atomic E-state index is 10.5. The molecule has 0 radical (unpaired) electrons. The number of aromatic carboxylic acids is 1. The number of nitrogen functional groups attached to an aromatic ring is 1. The van der Waals surface area contributed by atoms with Crippen LogP contribution in [-0.4, -0.2) is 16.1 Å². The first-order chi connectivity index (χ1) is 5.65. The maximum atomic E-state index is 10.5. The van der Waals surface area contributed by atoms with Crippen LogP contribution in [-0.2, 0) is 0 Å². The van der Waals surface area contributed by atoms with Crippen LogP contribution in [0.3, 0.4) is 0 Å². The molecule has 0 atom stereocenters. The van der Waals surface area contributed by atoms with Gasteiger partial charge in [0.1, 0.15) is 17.5 Å². The van der Waals surface area contributed by atoms with Gasteiger partial charge in [0.05, 0.1) is 5.56 Å². The van der Waals surface area contributed by atoms with Crippen molar-refractivity contribution < 1.29 is 9.90 Å². The molecule has 0 amide bonds. The van der Waals surface area contributed by atoms with E-state index < -0.39 is 5.97 Å². The monoisotopic (exact) mass is 163 g/mol. The minimum absolute atomic E-state index is 0.0819. The van der Waals surface area contributed by atoms with Crippen LogP contribution in [0, 0.1) is 11.3 Å². The molecule has 0 saturated heterocycles. The Kier molecular flexibility index (Phi) is 1.92. The van der Waals surface area contributed by atoms with E-state index in [-0.39, 0.29) is 16.9 Å². The lowest BCUT2D eigenvalue weighted by Crippen LogP contribution is -2.04. The highest BCUT2D eigenvalue weighted by atomic mass is 16.4. The summed E-state index contributed by atoms with van der Waals surface area (Å²) in [5.74, 6) is -1.27. The summed E-state index contributed by atoms with van der Waals surface area (Å²) in [6.07, 6.45) is 1.22. The van der Waals surface area contributed by atoms with Crippen molar-refractivity contribution in [2.75, 3.05) is 5.73 Å². The van der Waals surface area contributed by atoms with Crippen LogP contribution in [0.2, 0.25) is 0 Å². The number of hydrogen-bond donors (Lipinski definition) is 2. The fourth-order valence-corrected chi connectivity index (χ4v) is 0.708. The van der Waals surface area contributed by atoms with Gasteiger partial charge in [0.15, 0.2) is 0 Å². The molecule has 1 aromatic rings. The zero-order valence-electron chi connectivity index (χ0n) is 5.98. The predicted molar refractivity (Wildman–Crippen MR) is 40.3 cm³/mol. The lowest BCUT2D eigenvalue weighted by molar-refractivity contribution is 0.0697. The van der Waals surface area contributed by atoms with E-state index in [9.17, 15) is 4.79 Å². The summed E-state index contributed by atoms with van der Waals surface area (Å²) in [6.45, 7) is 0. The molecule has 0 aliphatic heterocycles. The predicted octanol–water partition coefficient (Wildman–Crippen LogP) is 0.234. The highest BCUT2D eigenvalue weighted by Crippen LogP contribution is 2.09. The molecule has 1 aromatic heterocycles. The van der Waals surface area contributed by atoms with Crippen molar-refractivity contribution >= 4 is 11.8 Å². The zero-order chi connectivity index (χ0) is 9.14. The second kappa shape index (κ2) is 2.88. The number of nitrogens with zero attached hydrogens (tertiary/aromatic N) is 2. The third-order valence-electron chi connectivity index (χ3n) is 1.28. The van der Waals surface area contributed by atoms with Gasteiger partial charge in [-0.15, -0.1) is 0 Å². The SMILES string of the molecule is N#Cc1cnc(N)c(C(=O)O)c1. The van der Waals surface area contributed by atoms with Gasteiger partial charge >= 0.3 is 5.97 Å². The smallest absolute Gasteiger partial charge is 0.339 e. The number of nitriles is 1. The number of pyridine rings is 1. The van der Waals surface area contributed by atoms with E-state index in [1.54, 1.807) is 6.07 Å². The number of nitrogens with two attached hydrogens (primary N) is 1. The van der Waals surface area contributed by atoms with E-state index >= 15 is 0 Å². The first kappa shape index (κ1) is 8.01. The van der Waals surface area contributed by atoms with Crippen LogP contribution in [0.4, 0.5) is 5.82 Å². The Bertz CT molecular complexity index is 367. The van der Waals surface area contributed by atoms with Crippen LogP contribution in [0.25, 0.3) is 0 Å². The highest BCUT2D eigenvalue weighted by molar-refractivity contribution is 5.92. The van der Waals surface area contributed by atoms with Gasteiger partial charge < -0.3 is 10.8 Å². The average Bonchev–Trinajstić information content (AvgIpc) is 2.05. The second-order valence-corrected chi connectivity index (χ2v) is 2.07. The van der Waals surface area contributed by atoms with Crippen LogP contribution >= 0.6 is 0 Å². The van der Waals surface area contributed by atoms with Crippen LogP contribution in [0.15, 0.2) is 12.3 Å². The number of rotatable bonds is 1. The maximum Gasteiger partial charge on any atom is 0.339 e. The largest absolute Gasteiger partial charge is 0.478 e. The number of hydrogen-bond acceptors (Lipinski definition) is 4. The van der Waals surface area contributed by atoms with Gasteiger partial charge in [-0.1, -0.05) is 0 Å². The van der Waals surface area contributed by atoms with Crippen molar-refractivity contribution in [3.8, 4) is 6.07 Å². The summed E-state index contributed by atoms with van der Waals surface area (Å²) in [5.41, 5.74) is 5.28. The molecule has 0 bridgehead atoms. The van der Waals surface area contributed by atoms with E-state index in [0.717, 1.165) is 0 Å². The quantitative estimate of drug-likeness (QED) is 0.617. The first-order valence-corrected chi connectivity index (χ1v) is 3.04. The molecule has 0 spiro atoms. The molecule has 5 nitrogen and oxygen atoms in total. The van der Waals surface area contributed by atoms with Crippen molar-refractivity contribution in [2.45, 2.75) is 0 Å². The topological polar surface area (TPSA) is 100 Å². The molecule has 0 aromatic carbocycles. The Morgan fingerprint density at radius 2 is 2.42 bits per heavy atom. The number of aromatic nitrogens is 1. The Morgan fingerprint density at radius 1 is 1.75 bits per heavy atom. The van der Waals surface area contributed by atoms with Gasteiger partial charge in [0, 0.05) is 6.20 Å². The average molecular weight is 163 g/mol. The summed E-state index contributed by atoms with van der Waals surface area (Å²) >= 11 is 0. The van der Waals surface area contributed by atoms with Gasteiger partial charge in [-0.2, -0.15) is 5.26 Å². The summed E-state index contributed by atoms with van der Waals surface area (Å²) in [6, 6.07) is 2.95. The van der Waals surface area contributed by atoms with Gasteiger partial charge in [-0.3, -0.25) is 0 Å². The standard InChI is InChI=1S/C7H5N3O2/c8-2-4-1-5(7(11)12)6(9)10-3-4/h1,3H,(H2,9,10)(H,11,12). The van der Waals surface area contributed by atoms with Crippen molar-refractivity contribution in [3.63, 3.8) is 0 Å². The van der Waals surface area contributed by atoms with Crippen LogP contribution in [0.5, 0.6) is 0 Å². The summed E-state index contributed by atoms with van der Waals surface area (Å²) < 4.78 is 0. The molecule has 0 aliphatic carbocycles. The minimum atomic E-state index is -1.18. The fourth-order valence-electron chi connectivity index (χ4n) is 0.708. The summed E-state index contributed by atoms with van der Waals surface area (Å²) in [7, 11) is 0. The lowest BCUT2D eigenvalue weighted by Gasteiger charge is -1.97. The van der Waals surface area contributed by atoms with Gasteiger partial charge in [0.2, 0.25) is 0 Å². The van der Waals surface area contributed by atoms with Gasteiger partial charge in [0.25, 0.3) is 0 Å². The summed E-state index contributed by atoms with van der Waals surface area (Å²) in [5, 5.41) is 17.0. The molecular formula is C7H5N3O2. The van der Waals surface area contributed by atoms with Crippen molar-refractivity contribution in [1.29, 1.82) is 5.26 Å². The third-order valence-corrected chi connectivity index (χ3v) is 1.28. The second-order valence-electron chi connectivity index (χ2n) is 2.07. The molecular weight excluding hydrogens is 158 g/mol. The molecule has 0 fully saturated rings. The van der Waals surface area contributed by atoms with E-state index in [2.05, 4.69) is 4.98 Å². The Balaban J connectivity index is 3.28. The molecule has 0 saturated carbocycles. The van der Waals surface area contributed by atoms with Crippen LogP contribution < -0.4 is 5.73 Å².